The van der Waals surface area contributed by atoms with Gasteiger partial charge in [-0.25, -0.2) is 4.98 Å². The lowest BCUT2D eigenvalue weighted by Crippen LogP contribution is -2.32. The topological polar surface area (TPSA) is 42.0 Å². The summed E-state index contributed by atoms with van der Waals surface area (Å²) in [7, 11) is 0. The van der Waals surface area contributed by atoms with Crippen molar-refractivity contribution >= 4 is 23.2 Å². The molecule has 21 heavy (non-hydrogen) atoms. The van der Waals surface area contributed by atoms with E-state index in [1.54, 1.807) is 13.0 Å². The van der Waals surface area contributed by atoms with Crippen LogP contribution in [0, 0.1) is 18.8 Å². The highest BCUT2D eigenvalue weighted by Crippen LogP contribution is 2.40. The quantitative estimate of drug-likeness (QED) is 0.823. The van der Waals surface area contributed by atoms with E-state index in [-0.39, 0.29) is 36.7 Å². The summed E-state index contributed by atoms with van der Waals surface area (Å²) in [6.07, 6.45) is -2.14. The van der Waals surface area contributed by atoms with Crippen molar-refractivity contribution in [3.63, 3.8) is 0 Å². The molecule has 1 saturated carbocycles. The first-order valence-corrected chi connectivity index (χ1v) is 7.15. The summed E-state index contributed by atoms with van der Waals surface area (Å²) in [4.78, 5) is 16.0. The van der Waals surface area contributed by atoms with E-state index in [1.165, 1.54) is 6.20 Å². The molecule has 116 valence electrons. The Hall–Kier alpha value is -1.30. The Morgan fingerprint density at radius 1 is 1.33 bits per heavy atom. The van der Waals surface area contributed by atoms with E-state index in [1.807, 2.05) is 0 Å². The van der Waals surface area contributed by atoms with Crippen LogP contribution in [-0.4, -0.2) is 17.1 Å². The van der Waals surface area contributed by atoms with Gasteiger partial charge >= 0.3 is 6.18 Å². The minimum absolute atomic E-state index is 0.00133. The van der Waals surface area contributed by atoms with Crippen LogP contribution in [0.3, 0.4) is 0 Å². The first kappa shape index (κ1) is 16.1. The molecule has 1 amide bonds. The van der Waals surface area contributed by atoms with Gasteiger partial charge in [-0.3, -0.25) is 4.79 Å². The summed E-state index contributed by atoms with van der Waals surface area (Å²) >= 11 is 5.92. The van der Waals surface area contributed by atoms with Gasteiger partial charge in [-0.2, -0.15) is 13.2 Å². The third kappa shape index (κ3) is 3.87. The number of carbonyl (C=O) groups is 1. The standard InChI is InChI=1S/C14H16ClF3N2O/c1-8-6-7-19-12(15)11(8)20-13(21)9-2-4-10(5-3-9)14(16,17)18/h6-7,9-10H,2-5H2,1H3,(H,20,21). The van der Waals surface area contributed by atoms with E-state index in [0.29, 0.717) is 5.69 Å². The van der Waals surface area contributed by atoms with Gasteiger partial charge in [-0.05, 0) is 44.2 Å². The van der Waals surface area contributed by atoms with E-state index >= 15 is 0 Å². The van der Waals surface area contributed by atoms with Gasteiger partial charge in [-0.1, -0.05) is 11.6 Å². The highest BCUT2D eigenvalue weighted by Gasteiger charge is 2.42. The lowest BCUT2D eigenvalue weighted by Gasteiger charge is -2.29. The smallest absolute Gasteiger partial charge is 0.323 e. The Balaban J connectivity index is 1.97. The van der Waals surface area contributed by atoms with Crippen LogP contribution in [0.25, 0.3) is 0 Å². The second-order valence-corrected chi connectivity index (χ2v) is 5.73. The largest absolute Gasteiger partial charge is 0.391 e. The van der Waals surface area contributed by atoms with E-state index in [9.17, 15) is 18.0 Å². The predicted molar refractivity (Wildman–Crippen MR) is 74.1 cm³/mol. The monoisotopic (exact) mass is 320 g/mol. The molecule has 0 radical (unpaired) electrons. The van der Waals surface area contributed by atoms with Crippen LogP contribution in [0.2, 0.25) is 5.15 Å². The van der Waals surface area contributed by atoms with Gasteiger partial charge in [0.05, 0.1) is 11.6 Å². The zero-order valence-electron chi connectivity index (χ0n) is 11.5. The van der Waals surface area contributed by atoms with Gasteiger partial charge in [0.1, 0.15) is 0 Å². The Morgan fingerprint density at radius 2 is 1.95 bits per heavy atom. The van der Waals surface area contributed by atoms with E-state index in [0.717, 1.165) is 5.56 Å². The lowest BCUT2D eigenvalue weighted by molar-refractivity contribution is -0.184. The second-order valence-electron chi connectivity index (χ2n) is 5.37. The Kier molecular flexibility index (Phi) is 4.76. The molecule has 1 aromatic heterocycles. The first-order chi connectivity index (χ1) is 9.79. The van der Waals surface area contributed by atoms with Crippen LogP contribution in [0.1, 0.15) is 31.2 Å². The van der Waals surface area contributed by atoms with Crippen molar-refractivity contribution in [3.8, 4) is 0 Å². The predicted octanol–water partition coefficient (Wildman–Crippen LogP) is 4.35. The van der Waals surface area contributed by atoms with Crippen molar-refractivity contribution in [2.75, 3.05) is 5.32 Å². The molecule has 1 heterocycles. The number of alkyl halides is 3. The number of carbonyl (C=O) groups excluding carboxylic acids is 1. The molecule has 3 nitrogen and oxygen atoms in total. The fraction of sp³-hybridized carbons (Fsp3) is 0.571. The molecule has 0 aromatic carbocycles. The summed E-state index contributed by atoms with van der Waals surface area (Å²) in [5.74, 6) is -1.97. The molecule has 0 unspecified atom stereocenters. The van der Waals surface area contributed by atoms with Crippen molar-refractivity contribution < 1.29 is 18.0 Å². The normalized spacial score (nSPS) is 22.9. The summed E-state index contributed by atoms with van der Waals surface area (Å²) in [5, 5.41) is 2.87. The molecular formula is C14H16ClF3N2O. The van der Waals surface area contributed by atoms with Crippen LogP contribution in [-0.2, 0) is 4.79 Å². The minimum Gasteiger partial charge on any atom is -0.323 e. The Labute approximate surface area is 125 Å². The summed E-state index contributed by atoms with van der Waals surface area (Å²) < 4.78 is 37.8. The summed E-state index contributed by atoms with van der Waals surface area (Å²) in [6, 6.07) is 1.71. The number of halogens is 4. The molecule has 1 aromatic rings. The van der Waals surface area contributed by atoms with Crippen LogP contribution < -0.4 is 5.32 Å². The summed E-state index contributed by atoms with van der Waals surface area (Å²) in [6.45, 7) is 1.78. The summed E-state index contributed by atoms with van der Waals surface area (Å²) in [5.41, 5.74) is 1.20. The molecule has 7 heteroatoms. The number of nitrogens with one attached hydrogen (secondary N) is 1. The fourth-order valence-corrected chi connectivity index (χ4v) is 2.84. The van der Waals surface area contributed by atoms with Gasteiger partial charge in [0.25, 0.3) is 0 Å². The van der Waals surface area contributed by atoms with E-state index in [2.05, 4.69) is 10.3 Å². The van der Waals surface area contributed by atoms with Crippen LogP contribution in [0.4, 0.5) is 18.9 Å². The average Bonchev–Trinajstić information content (AvgIpc) is 2.42. The maximum Gasteiger partial charge on any atom is 0.391 e. The third-order valence-corrected chi connectivity index (χ3v) is 4.21. The number of anilines is 1. The molecular weight excluding hydrogens is 305 g/mol. The maximum atomic E-state index is 12.6. The Morgan fingerprint density at radius 3 is 2.48 bits per heavy atom. The fourth-order valence-electron chi connectivity index (χ4n) is 2.58. The van der Waals surface area contributed by atoms with Crippen molar-refractivity contribution in [1.29, 1.82) is 0 Å². The third-order valence-electron chi connectivity index (χ3n) is 3.92. The van der Waals surface area contributed by atoms with Crippen molar-refractivity contribution in [1.82, 2.24) is 4.98 Å². The Bertz CT molecular complexity index is 505. The number of aryl methyl sites for hydroxylation is 1. The van der Waals surface area contributed by atoms with E-state index in [4.69, 9.17) is 11.6 Å². The number of amides is 1. The van der Waals surface area contributed by atoms with Crippen LogP contribution in [0.15, 0.2) is 12.3 Å². The van der Waals surface area contributed by atoms with Crippen molar-refractivity contribution in [2.45, 2.75) is 38.8 Å². The number of hydrogen-bond donors (Lipinski definition) is 1. The lowest BCUT2D eigenvalue weighted by atomic mass is 9.81. The maximum absolute atomic E-state index is 12.6. The number of nitrogens with zero attached hydrogens (tertiary/aromatic N) is 1. The number of aromatic nitrogens is 1. The molecule has 1 fully saturated rings. The highest BCUT2D eigenvalue weighted by molar-refractivity contribution is 6.32. The second kappa shape index (κ2) is 6.22. The molecule has 0 bridgehead atoms. The molecule has 0 saturated heterocycles. The molecule has 1 aliphatic rings. The molecule has 0 aliphatic heterocycles. The van der Waals surface area contributed by atoms with Gasteiger partial charge in [-0.15, -0.1) is 0 Å². The van der Waals surface area contributed by atoms with Gasteiger partial charge in [0, 0.05) is 12.1 Å². The van der Waals surface area contributed by atoms with Crippen LogP contribution >= 0.6 is 11.6 Å². The molecule has 0 spiro atoms. The van der Waals surface area contributed by atoms with Gasteiger partial charge in [0.2, 0.25) is 5.91 Å². The molecule has 1 aliphatic carbocycles. The molecule has 2 rings (SSSR count). The average molecular weight is 321 g/mol. The van der Waals surface area contributed by atoms with Crippen molar-refractivity contribution in [2.24, 2.45) is 11.8 Å². The van der Waals surface area contributed by atoms with E-state index < -0.39 is 18.0 Å². The SMILES string of the molecule is Cc1ccnc(Cl)c1NC(=O)C1CCC(C(F)(F)F)CC1. The number of pyridine rings is 1. The van der Waals surface area contributed by atoms with Gasteiger partial charge in [0.15, 0.2) is 5.15 Å². The number of rotatable bonds is 2. The number of hydrogen-bond acceptors (Lipinski definition) is 2. The minimum atomic E-state index is -4.16. The van der Waals surface area contributed by atoms with Crippen molar-refractivity contribution in [3.05, 3.63) is 23.0 Å². The zero-order valence-corrected chi connectivity index (χ0v) is 12.3. The van der Waals surface area contributed by atoms with Crippen LogP contribution in [0.5, 0.6) is 0 Å². The molecule has 1 N–H and O–H groups in total. The molecule has 0 atom stereocenters. The van der Waals surface area contributed by atoms with Gasteiger partial charge < -0.3 is 5.32 Å². The zero-order chi connectivity index (χ0) is 15.6. The highest BCUT2D eigenvalue weighted by atomic mass is 35.5. The first-order valence-electron chi connectivity index (χ1n) is 6.77.